The molecule has 1 saturated carbocycles. The molecule has 0 aromatic heterocycles. The first kappa shape index (κ1) is 14.1. The van der Waals surface area contributed by atoms with E-state index in [-0.39, 0.29) is 30.5 Å². The van der Waals surface area contributed by atoms with Crippen molar-refractivity contribution in [1.29, 1.82) is 0 Å². The summed E-state index contributed by atoms with van der Waals surface area (Å²) in [6, 6.07) is 9.63. The van der Waals surface area contributed by atoms with Gasteiger partial charge in [0.15, 0.2) is 6.10 Å². The molecular weight excluding hydrogens is 268 g/mol. The number of carbonyl (C=O) groups excluding carboxylic acids is 2. The molecule has 2 amide bonds. The van der Waals surface area contributed by atoms with E-state index < -0.39 is 6.10 Å². The van der Waals surface area contributed by atoms with E-state index in [1.54, 1.807) is 14.1 Å². The van der Waals surface area contributed by atoms with E-state index in [1.807, 2.05) is 35.2 Å². The van der Waals surface area contributed by atoms with Gasteiger partial charge in [0, 0.05) is 20.1 Å². The number of amides is 2. The van der Waals surface area contributed by atoms with E-state index in [4.69, 9.17) is 4.74 Å². The summed E-state index contributed by atoms with van der Waals surface area (Å²) in [6.07, 6.45) is 1.40. The summed E-state index contributed by atoms with van der Waals surface area (Å²) in [5, 5.41) is 0. The maximum atomic E-state index is 12.4. The van der Waals surface area contributed by atoms with E-state index >= 15 is 0 Å². The molecule has 0 radical (unpaired) electrons. The van der Waals surface area contributed by atoms with Crippen LogP contribution in [0.2, 0.25) is 0 Å². The molecule has 1 aliphatic heterocycles. The van der Waals surface area contributed by atoms with Crippen LogP contribution in [0, 0.1) is 0 Å². The second-order valence-electron chi connectivity index (χ2n) is 5.85. The van der Waals surface area contributed by atoms with Gasteiger partial charge in [0.2, 0.25) is 5.91 Å². The zero-order valence-electron chi connectivity index (χ0n) is 12.4. The van der Waals surface area contributed by atoms with Gasteiger partial charge in [-0.15, -0.1) is 0 Å². The highest BCUT2D eigenvalue weighted by Crippen LogP contribution is 2.39. The van der Waals surface area contributed by atoms with Crippen LogP contribution >= 0.6 is 0 Å². The Morgan fingerprint density at radius 1 is 1.24 bits per heavy atom. The lowest BCUT2D eigenvalue weighted by Gasteiger charge is -2.41. The second-order valence-corrected chi connectivity index (χ2v) is 5.85. The van der Waals surface area contributed by atoms with Crippen LogP contribution in [0.5, 0.6) is 0 Å². The van der Waals surface area contributed by atoms with Crippen LogP contribution in [-0.2, 0) is 14.3 Å². The van der Waals surface area contributed by atoms with Crippen LogP contribution in [0.15, 0.2) is 30.3 Å². The number of ether oxygens (including phenoxy) is 1. The Morgan fingerprint density at radius 3 is 2.48 bits per heavy atom. The Morgan fingerprint density at radius 2 is 1.90 bits per heavy atom. The highest BCUT2D eigenvalue weighted by atomic mass is 16.5. The minimum atomic E-state index is -0.624. The Labute approximate surface area is 124 Å². The van der Waals surface area contributed by atoms with Crippen LogP contribution in [0.3, 0.4) is 0 Å². The van der Waals surface area contributed by atoms with Crippen molar-refractivity contribution in [2.75, 3.05) is 20.7 Å². The summed E-state index contributed by atoms with van der Waals surface area (Å²) in [5.41, 5.74) is 0.956. The Balaban J connectivity index is 1.99. The maximum Gasteiger partial charge on any atom is 0.253 e. The summed E-state index contributed by atoms with van der Waals surface area (Å²) >= 11 is 0. The fourth-order valence-corrected chi connectivity index (χ4v) is 2.86. The highest BCUT2D eigenvalue weighted by Gasteiger charge is 2.47. The number of nitrogens with zero attached hydrogens (tertiary/aromatic N) is 2. The minimum Gasteiger partial charge on any atom is -0.356 e. The number of hydrogen-bond donors (Lipinski definition) is 0. The quantitative estimate of drug-likeness (QED) is 0.840. The Hall–Kier alpha value is -1.88. The zero-order valence-corrected chi connectivity index (χ0v) is 12.4. The normalized spacial score (nSPS) is 25.8. The fraction of sp³-hybridized carbons (Fsp3) is 0.500. The van der Waals surface area contributed by atoms with E-state index in [9.17, 15) is 9.59 Å². The van der Waals surface area contributed by atoms with Crippen molar-refractivity contribution in [3.05, 3.63) is 35.9 Å². The van der Waals surface area contributed by atoms with Gasteiger partial charge in [-0.05, 0) is 18.4 Å². The molecule has 2 aliphatic rings. The molecule has 0 N–H and O–H groups in total. The number of carbonyl (C=O) groups is 2. The maximum absolute atomic E-state index is 12.4. The zero-order chi connectivity index (χ0) is 15.0. The number of likely N-dealkylation sites (N-methyl/N-ethyl adjacent to an activating group) is 1. The van der Waals surface area contributed by atoms with Crippen molar-refractivity contribution in [2.45, 2.75) is 31.0 Å². The van der Waals surface area contributed by atoms with Crippen LogP contribution in [-0.4, -0.2) is 54.5 Å². The first-order valence-electron chi connectivity index (χ1n) is 7.28. The van der Waals surface area contributed by atoms with Crippen molar-refractivity contribution in [2.24, 2.45) is 0 Å². The highest BCUT2D eigenvalue weighted by molar-refractivity contribution is 5.86. The molecule has 1 saturated heterocycles. The average Bonchev–Trinajstić information content (AvgIpc) is 3.31. The van der Waals surface area contributed by atoms with Gasteiger partial charge in [0.25, 0.3) is 5.91 Å². The lowest BCUT2D eigenvalue weighted by molar-refractivity contribution is -0.169. The van der Waals surface area contributed by atoms with Gasteiger partial charge in [-0.25, -0.2) is 0 Å². The third-order valence-corrected chi connectivity index (χ3v) is 4.03. The van der Waals surface area contributed by atoms with Gasteiger partial charge in [-0.3, -0.25) is 9.59 Å². The summed E-state index contributed by atoms with van der Waals surface area (Å²) < 4.78 is 5.61. The van der Waals surface area contributed by atoms with Crippen LogP contribution in [0.4, 0.5) is 0 Å². The molecule has 2 fully saturated rings. The third kappa shape index (κ3) is 2.65. The topological polar surface area (TPSA) is 49.9 Å². The van der Waals surface area contributed by atoms with E-state index in [0.29, 0.717) is 0 Å². The number of morpholine rings is 1. The molecule has 1 aromatic rings. The molecule has 0 spiro atoms. The van der Waals surface area contributed by atoms with Gasteiger partial charge in [-0.2, -0.15) is 0 Å². The predicted octanol–water partition coefficient (Wildman–Crippen LogP) is 1.21. The summed E-state index contributed by atoms with van der Waals surface area (Å²) in [5.74, 6) is -0.115. The van der Waals surface area contributed by atoms with Crippen molar-refractivity contribution in [3.8, 4) is 0 Å². The molecule has 21 heavy (non-hydrogen) atoms. The molecule has 1 aliphatic carbocycles. The molecule has 3 rings (SSSR count). The third-order valence-electron chi connectivity index (χ3n) is 4.03. The van der Waals surface area contributed by atoms with E-state index in [2.05, 4.69) is 0 Å². The SMILES string of the molecule is CN(C)C(=O)[C@@H]1OCC(=O)N(C2CC2)[C@H]1c1ccccc1. The number of benzene rings is 1. The molecule has 2 atom stereocenters. The Bertz CT molecular complexity index is 540. The Kier molecular flexibility index (Phi) is 3.68. The van der Waals surface area contributed by atoms with Crippen molar-refractivity contribution >= 4 is 11.8 Å². The molecule has 1 heterocycles. The van der Waals surface area contributed by atoms with Crippen LogP contribution in [0.1, 0.15) is 24.4 Å². The van der Waals surface area contributed by atoms with Crippen LogP contribution < -0.4 is 0 Å². The summed E-state index contributed by atoms with van der Waals surface area (Å²) in [4.78, 5) is 28.1. The molecule has 5 nitrogen and oxygen atoms in total. The van der Waals surface area contributed by atoms with Crippen LogP contribution in [0.25, 0.3) is 0 Å². The van der Waals surface area contributed by atoms with E-state index in [1.165, 1.54) is 4.90 Å². The average molecular weight is 288 g/mol. The van der Waals surface area contributed by atoms with Crippen molar-refractivity contribution in [1.82, 2.24) is 9.80 Å². The van der Waals surface area contributed by atoms with Gasteiger partial charge < -0.3 is 14.5 Å². The summed E-state index contributed by atoms with van der Waals surface area (Å²) in [6.45, 7) is -0.00984. The number of rotatable bonds is 3. The summed E-state index contributed by atoms with van der Waals surface area (Å²) in [7, 11) is 3.43. The van der Waals surface area contributed by atoms with Crippen molar-refractivity contribution in [3.63, 3.8) is 0 Å². The lowest BCUT2D eigenvalue weighted by Crippen LogP contribution is -2.54. The molecule has 0 bridgehead atoms. The predicted molar refractivity (Wildman–Crippen MR) is 77.5 cm³/mol. The monoisotopic (exact) mass is 288 g/mol. The first-order valence-corrected chi connectivity index (χ1v) is 7.28. The molecule has 0 unspecified atom stereocenters. The largest absolute Gasteiger partial charge is 0.356 e. The molecule has 112 valence electrons. The van der Waals surface area contributed by atoms with Gasteiger partial charge in [0.1, 0.15) is 6.61 Å². The van der Waals surface area contributed by atoms with Gasteiger partial charge >= 0.3 is 0 Å². The van der Waals surface area contributed by atoms with Gasteiger partial charge in [0.05, 0.1) is 6.04 Å². The van der Waals surface area contributed by atoms with E-state index in [0.717, 1.165) is 18.4 Å². The van der Waals surface area contributed by atoms with Gasteiger partial charge in [-0.1, -0.05) is 30.3 Å². The molecule has 1 aromatic carbocycles. The van der Waals surface area contributed by atoms with Crippen molar-refractivity contribution < 1.29 is 14.3 Å². The lowest BCUT2D eigenvalue weighted by atomic mass is 9.96. The standard InChI is InChI=1S/C16H20N2O3/c1-17(2)16(20)15-14(11-6-4-3-5-7-11)18(12-8-9-12)13(19)10-21-15/h3-7,12,14-15H,8-10H2,1-2H3/t14-,15+/m0/s1. The fourth-order valence-electron chi connectivity index (χ4n) is 2.86. The smallest absolute Gasteiger partial charge is 0.253 e. The second kappa shape index (κ2) is 5.48. The first-order chi connectivity index (χ1) is 10.1. The molecule has 5 heteroatoms. The minimum absolute atomic E-state index is 0.00984. The number of hydrogen-bond acceptors (Lipinski definition) is 3. The molecular formula is C16H20N2O3.